The van der Waals surface area contributed by atoms with Gasteiger partial charge in [0.15, 0.2) is 0 Å². The van der Waals surface area contributed by atoms with Crippen molar-refractivity contribution >= 4 is 23.2 Å². The van der Waals surface area contributed by atoms with E-state index in [1.54, 1.807) is 0 Å². The molecule has 0 aromatic heterocycles. The minimum atomic E-state index is 0.597. The minimum absolute atomic E-state index is 0.597. The zero-order chi connectivity index (χ0) is 14.5. The second-order valence-corrected chi connectivity index (χ2v) is 5.41. The van der Waals surface area contributed by atoms with E-state index in [2.05, 4.69) is 12.2 Å². The van der Waals surface area contributed by atoms with Crippen LogP contribution in [0.5, 0.6) is 11.5 Å². The van der Waals surface area contributed by atoms with Crippen molar-refractivity contribution in [2.24, 2.45) is 0 Å². The van der Waals surface area contributed by atoms with Gasteiger partial charge < -0.3 is 10.1 Å². The molecule has 2 nitrogen and oxygen atoms in total. The third-order valence-electron chi connectivity index (χ3n) is 2.89. The highest BCUT2D eigenvalue weighted by Crippen LogP contribution is 2.33. The molecule has 0 unspecified atom stereocenters. The second kappa shape index (κ2) is 6.98. The van der Waals surface area contributed by atoms with Crippen LogP contribution in [0.1, 0.15) is 18.1 Å². The number of halogens is 2. The van der Waals surface area contributed by atoms with E-state index >= 15 is 0 Å². The molecular weight excluding hydrogens is 293 g/mol. The summed E-state index contributed by atoms with van der Waals surface area (Å²) in [5.41, 5.74) is 2.11. The Hall–Kier alpha value is -1.22. The lowest BCUT2D eigenvalue weighted by Gasteiger charge is -2.13. The highest BCUT2D eigenvalue weighted by molar-refractivity contribution is 6.32. The monoisotopic (exact) mass is 309 g/mol. The van der Waals surface area contributed by atoms with Crippen molar-refractivity contribution in [3.05, 3.63) is 57.6 Å². The van der Waals surface area contributed by atoms with E-state index in [0.29, 0.717) is 22.3 Å². The summed E-state index contributed by atoms with van der Waals surface area (Å²) >= 11 is 12.2. The summed E-state index contributed by atoms with van der Waals surface area (Å²) in [4.78, 5) is 0. The fourth-order valence-corrected chi connectivity index (χ4v) is 2.20. The Morgan fingerprint density at radius 2 is 1.85 bits per heavy atom. The van der Waals surface area contributed by atoms with Gasteiger partial charge in [0.2, 0.25) is 0 Å². The number of benzene rings is 2. The molecule has 2 aromatic rings. The van der Waals surface area contributed by atoms with E-state index in [1.165, 1.54) is 0 Å². The predicted octanol–water partition coefficient (Wildman–Crippen LogP) is 5.20. The van der Waals surface area contributed by atoms with Gasteiger partial charge in [-0.3, -0.25) is 0 Å². The summed E-state index contributed by atoms with van der Waals surface area (Å²) in [5, 5.41) is 4.56. The highest BCUT2D eigenvalue weighted by atomic mass is 35.5. The maximum absolute atomic E-state index is 6.17. The quantitative estimate of drug-likeness (QED) is 0.819. The summed E-state index contributed by atoms with van der Waals surface area (Å²) < 4.78 is 5.94. The SMILES string of the molecule is CCNCc1cc(Cl)ccc1Oc1cc(C)ccc1Cl. The molecule has 1 N–H and O–H groups in total. The van der Waals surface area contributed by atoms with Crippen molar-refractivity contribution in [2.75, 3.05) is 6.54 Å². The number of hydrogen-bond donors (Lipinski definition) is 1. The first-order valence-electron chi connectivity index (χ1n) is 6.53. The van der Waals surface area contributed by atoms with E-state index in [9.17, 15) is 0 Å². The van der Waals surface area contributed by atoms with Crippen molar-refractivity contribution in [3.63, 3.8) is 0 Å². The van der Waals surface area contributed by atoms with Crippen LogP contribution in [0.15, 0.2) is 36.4 Å². The zero-order valence-electron chi connectivity index (χ0n) is 11.5. The summed E-state index contributed by atoms with van der Waals surface area (Å²) in [7, 11) is 0. The maximum atomic E-state index is 6.17. The smallest absolute Gasteiger partial charge is 0.146 e. The largest absolute Gasteiger partial charge is 0.455 e. The molecule has 0 aliphatic heterocycles. The van der Waals surface area contributed by atoms with Crippen LogP contribution in [0.25, 0.3) is 0 Å². The van der Waals surface area contributed by atoms with Crippen LogP contribution in [-0.4, -0.2) is 6.54 Å². The highest BCUT2D eigenvalue weighted by Gasteiger charge is 2.08. The molecule has 0 saturated heterocycles. The average Bonchev–Trinajstić information content (AvgIpc) is 2.43. The molecule has 0 aliphatic rings. The number of ether oxygens (including phenoxy) is 1. The van der Waals surface area contributed by atoms with E-state index in [1.807, 2.05) is 43.3 Å². The lowest BCUT2D eigenvalue weighted by Crippen LogP contribution is -2.12. The summed E-state index contributed by atoms with van der Waals surface area (Å²) in [6, 6.07) is 11.3. The van der Waals surface area contributed by atoms with Crippen LogP contribution < -0.4 is 10.1 Å². The summed E-state index contributed by atoms with van der Waals surface area (Å²) in [6.45, 7) is 5.65. The van der Waals surface area contributed by atoms with Gasteiger partial charge in [-0.25, -0.2) is 0 Å². The van der Waals surface area contributed by atoms with Crippen molar-refractivity contribution in [1.82, 2.24) is 5.32 Å². The Kier molecular flexibility index (Phi) is 5.30. The Bertz CT molecular complexity index is 599. The molecule has 106 valence electrons. The topological polar surface area (TPSA) is 21.3 Å². The third-order valence-corrected chi connectivity index (χ3v) is 3.44. The molecule has 0 heterocycles. The average molecular weight is 310 g/mol. The minimum Gasteiger partial charge on any atom is -0.455 e. The Balaban J connectivity index is 2.30. The summed E-state index contributed by atoms with van der Waals surface area (Å²) in [5.74, 6) is 1.43. The van der Waals surface area contributed by atoms with Crippen LogP contribution in [0.4, 0.5) is 0 Å². The van der Waals surface area contributed by atoms with Gasteiger partial charge in [0.05, 0.1) is 5.02 Å². The molecular formula is C16H17Cl2NO. The zero-order valence-corrected chi connectivity index (χ0v) is 13.1. The Morgan fingerprint density at radius 1 is 1.05 bits per heavy atom. The number of hydrogen-bond acceptors (Lipinski definition) is 2. The van der Waals surface area contributed by atoms with Gasteiger partial charge in [-0.2, -0.15) is 0 Å². The number of aryl methyl sites for hydroxylation is 1. The summed E-state index contributed by atoms with van der Waals surface area (Å²) in [6.07, 6.45) is 0. The van der Waals surface area contributed by atoms with Crippen molar-refractivity contribution in [2.45, 2.75) is 20.4 Å². The first-order valence-corrected chi connectivity index (χ1v) is 7.29. The maximum Gasteiger partial charge on any atom is 0.146 e. The number of rotatable bonds is 5. The molecule has 0 atom stereocenters. The van der Waals surface area contributed by atoms with Gasteiger partial charge in [0.1, 0.15) is 11.5 Å². The molecule has 2 rings (SSSR count). The molecule has 0 fully saturated rings. The van der Waals surface area contributed by atoms with Crippen molar-refractivity contribution in [1.29, 1.82) is 0 Å². The Morgan fingerprint density at radius 3 is 2.60 bits per heavy atom. The van der Waals surface area contributed by atoms with Crippen LogP contribution in [0.2, 0.25) is 10.0 Å². The van der Waals surface area contributed by atoms with Crippen LogP contribution in [0.3, 0.4) is 0 Å². The van der Waals surface area contributed by atoms with Crippen molar-refractivity contribution in [3.8, 4) is 11.5 Å². The first-order chi connectivity index (χ1) is 9.60. The fourth-order valence-electron chi connectivity index (χ4n) is 1.85. The van der Waals surface area contributed by atoms with Gasteiger partial charge in [-0.05, 0) is 49.4 Å². The van der Waals surface area contributed by atoms with E-state index in [-0.39, 0.29) is 0 Å². The molecule has 4 heteroatoms. The van der Waals surface area contributed by atoms with Gasteiger partial charge in [-0.1, -0.05) is 36.2 Å². The first kappa shape index (κ1) is 15.2. The molecule has 0 aliphatic carbocycles. The molecule has 0 amide bonds. The lowest BCUT2D eigenvalue weighted by atomic mass is 10.2. The van der Waals surface area contributed by atoms with Gasteiger partial charge in [0.25, 0.3) is 0 Å². The molecule has 0 radical (unpaired) electrons. The van der Waals surface area contributed by atoms with Gasteiger partial charge in [-0.15, -0.1) is 0 Å². The van der Waals surface area contributed by atoms with Crippen LogP contribution in [-0.2, 0) is 6.54 Å². The lowest BCUT2D eigenvalue weighted by molar-refractivity contribution is 0.473. The molecule has 0 saturated carbocycles. The molecule has 20 heavy (non-hydrogen) atoms. The predicted molar refractivity (Wildman–Crippen MR) is 85.1 cm³/mol. The van der Waals surface area contributed by atoms with Crippen molar-refractivity contribution < 1.29 is 4.74 Å². The second-order valence-electron chi connectivity index (χ2n) is 4.57. The standard InChI is InChI=1S/C16H17Cl2NO/c1-3-19-10-12-9-13(17)5-7-15(12)20-16-8-11(2)4-6-14(16)18/h4-9,19H,3,10H2,1-2H3. The normalized spacial score (nSPS) is 10.6. The number of nitrogens with one attached hydrogen (secondary N) is 1. The van der Waals surface area contributed by atoms with Gasteiger partial charge in [0, 0.05) is 17.1 Å². The van der Waals surface area contributed by atoms with Gasteiger partial charge >= 0.3 is 0 Å². The van der Waals surface area contributed by atoms with E-state index in [4.69, 9.17) is 27.9 Å². The third kappa shape index (κ3) is 3.89. The fraction of sp³-hybridized carbons (Fsp3) is 0.250. The van der Waals surface area contributed by atoms with Crippen LogP contribution in [0, 0.1) is 6.92 Å². The molecule has 0 spiro atoms. The molecule has 2 aromatic carbocycles. The van der Waals surface area contributed by atoms with Crippen LogP contribution >= 0.6 is 23.2 Å². The molecule has 0 bridgehead atoms. The Labute approximate surface area is 129 Å². The van der Waals surface area contributed by atoms with E-state index in [0.717, 1.165) is 23.4 Å². The van der Waals surface area contributed by atoms with E-state index < -0.39 is 0 Å².